The van der Waals surface area contributed by atoms with Gasteiger partial charge < -0.3 is 9.73 Å². The summed E-state index contributed by atoms with van der Waals surface area (Å²) in [6.07, 6.45) is -3.26. The van der Waals surface area contributed by atoms with E-state index in [4.69, 9.17) is 16.0 Å². The highest BCUT2D eigenvalue weighted by molar-refractivity contribution is 7.89. The molecule has 0 atom stereocenters. The van der Waals surface area contributed by atoms with Gasteiger partial charge in [0.15, 0.2) is 5.76 Å². The maximum absolute atomic E-state index is 13.1. The Labute approximate surface area is 208 Å². The Kier molecular flexibility index (Phi) is 6.84. The zero-order chi connectivity index (χ0) is 26.3. The molecule has 1 heterocycles. The normalized spacial score (nSPS) is 15.0. The van der Waals surface area contributed by atoms with E-state index >= 15 is 0 Å². The molecule has 36 heavy (non-hydrogen) atoms. The Hall–Kier alpha value is -3.38. The number of anilines is 1. The summed E-state index contributed by atoms with van der Waals surface area (Å²) in [5.41, 5.74) is -0.139. The molecule has 3 aromatic rings. The number of hydrazone groups is 1. The molecule has 0 spiro atoms. The number of furan rings is 1. The number of aryl methyl sites for hydroxylation is 1. The lowest BCUT2D eigenvalue weighted by molar-refractivity contribution is -0.137. The summed E-state index contributed by atoms with van der Waals surface area (Å²) in [6.45, 7) is 1.56. The van der Waals surface area contributed by atoms with Crippen LogP contribution in [0.1, 0.15) is 45.8 Å². The lowest BCUT2D eigenvalue weighted by Crippen LogP contribution is -2.22. The van der Waals surface area contributed by atoms with Gasteiger partial charge in [0.1, 0.15) is 11.6 Å². The second-order valence-corrected chi connectivity index (χ2v) is 10.0. The number of sulfonamides is 1. The molecule has 4 rings (SSSR count). The van der Waals surface area contributed by atoms with Gasteiger partial charge in [-0.15, -0.1) is 0 Å². The number of nitrogens with one attached hydrogen (secondary N) is 2. The van der Waals surface area contributed by atoms with Crippen molar-refractivity contribution in [3.8, 4) is 0 Å². The minimum Gasteiger partial charge on any atom is -0.455 e. The number of alkyl halides is 3. The predicted octanol–water partition coefficient (Wildman–Crippen LogP) is 5.67. The second-order valence-electron chi connectivity index (χ2n) is 7.96. The van der Waals surface area contributed by atoms with Crippen LogP contribution in [0, 0.1) is 12.7 Å². The van der Waals surface area contributed by atoms with E-state index in [0.717, 1.165) is 42.5 Å². The van der Waals surface area contributed by atoms with Gasteiger partial charge in [-0.05, 0) is 62.2 Å². The van der Waals surface area contributed by atoms with Crippen molar-refractivity contribution in [3.05, 3.63) is 81.5 Å². The fraction of sp³-hybridized carbons (Fsp3) is 0.217. The first-order valence-electron chi connectivity index (χ1n) is 10.5. The van der Waals surface area contributed by atoms with Gasteiger partial charge in [0.2, 0.25) is 0 Å². The van der Waals surface area contributed by atoms with Crippen LogP contribution in [0.4, 0.5) is 23.2 Å². The van der Waals surface area contributed by atoms with Crippen LogP contribution in [-0.4, -0.2) is 20.0 Å². The third kappa shape index (κ3) is 5.24. The van der Waals surface area contributed by atoms with E-state index in [1.807, 2.05) is 0 Å². The van der Waals surface area contributed by atoms with Gasteiger partial charge in [-0.25, -0.2) is 4.39 Å². The fourth-order valence-electron chi connectivity index (χ4n) is 3.75. The Bertz CT molecular complexity index is 1470. The fourth-order valence-corrected chi connectivity index (χ4v) is 4.75. The number of fused-ring (bicyclic) bond motifs is 1. The first-order chi connectivity index (χ1) is 16.9. The molecule has 0 saturated carbocycles. The maximum Gasteiger partial charge on any atom is 0.416 e. The zero-order valence-corrected chi connectivity index (χ0v) is 20.1. The lowest BCUT2D eigenvalue weighted by atomic mass is 9.93. The van der Waals surface area contributed by atoms with Crippen LogP contribution in [0.15, 0.2) is 56.9 Å². The molecule has 1 amide bonds. The molecule has 0 unspecified atom stereocenters. The van der Waals surface area contributed by atoms with Gasteiger partial charge in [-0.3, -0.25) is 4.79 Å². The van der Waals surface area contributed by atoms with E-state index in [1.54, 1.807) is 6.92 Å². The molecule has 0 fully saturated rings. The Morgan fingerprint density at radius 3 is 2.47 bits per heavy atom. The van der Waals surface area contributed by atoms with Crippen LogP contribution < -0.4 is 10.1 Å². The summed E-state index contributed by atoms with van der Waals surface area (Å²) >= 11 is 5.97. The Morgan fingerprint density at radius 1 is 1.11 bits per heavy atom. The van der Waals surface area contributed by atoms with Gasteiger partial charge >= 0.3 is 6.18 Å². The number of carbonyl (C=O) groups excluding carboxylic acids is 1. The molecule has 1 aromatic heterocycles. The molecule has 0 bridgehead atoms. The van der Waals surface area contributed by atoms with E-state index in [1.165, 1.54) is 0 Å². The topological polar surface area (TPSA) is 101 Å². The van der Waals surface area contributed by atoms with Gasteiger partial charge in [0.05, 0.1) is 26.9 Å². The summed E-state index contributed by atoms with van der Waals surface area (Å²) in [5.74, 6) is -1.19. The molecule has 0 saturated heterocycles. The van der Waals surface area contributed by atoms with Gasteiger partial charge in [-0.1, -0.05) is 11.6 Å². The van der Waals surface area contributed by atoms with E-state index in [0.29, 0.717) is 41.9 Å². The highest BCUT2D eigenvalue weighted by Crippen LogP contribution is 2.35. The minimum absolute atomic E-state index is 0.0947. The number of amides is 1. The van der Waals surface area contributed by atoms with Crippen molar-refractivity contribution < 1.29 is 35.2 Å². The van der Waals surface area contributed by atoms with E-state index in [-0.39, 0.29) is 21.4 Å². The standard InChI is InChI=1S/C23H18ClF4N3O4S/c1-12-20-17(30-31-36(33,34)15-8-6-14(25)7-9-15)3-2-4-19(20)35-21(12)22(32)29-18-11-13(23(26,27)28)5-10-16(18)24/h5-11,31H,2-4H2,1H3,(H,29,32)/b30-17+. The minimum atomic E-state index is -4.63. The van der Waals surface area contributed by atoms with Crippen molar-refractivity contribution in [1.82, 2.24) is 4.83 Å². The summed E-state index contributed by atoms with van der Waals surface area (Å²) in [4.78, 5) is 14.8. The molecule has 0 aliphatic heterocycles. The van der Waals surface area contributed by atoms with Gasteiger partial charge in [0.25, 0.3) is 15.9 Å². The highest BCUT2D eigenvalue weighted by atomic mass is 35.5. The number of nitrogens with zero attached hydrogens (tertiary/aromatic N) is 1. The molecule has 7 nitrogen and oxygen atoms in total. The van der Waals surface area contributed by atoms with E-state index in [2.05, 4.69) is 15.2 Å². The van der Waals surface area contributed by atoms with Crippen LogP contribution in [0.3, 0.4) is 0 Å². The number of halogens is 5. The summed E-state index contributed by atoms with van der Waals surface area (Å²) in [6, 6.07) is 6.73. The molecule has 2 N–H and O–H groups in total. The quantitative estimate of drug-likeness (QED) is 0.320. The van der Waals surface area contributed by atoms with Crippen LogP contribution in [0.5, 0.6) is 0 Å². The van der Waals surface area contributed by atoms with Crippen molar-refractivity contribution in [2.24, 2.45) is 5.10 Å². The van der Waals surface area contributed by atoms with Gasteiger partial charge in [0, 0.05) is 17.5 Å². The molecular weight excluding hydrogens is 526 g/mol. The third-order valence-electron chi connectivity index (χ3n) is 5.50. The average molecular weight is 544 g/mol. The van der Waals surface area contributed by atoms with Crippen molar-refractivity contribution in [2.75, 3.05) is 5.32 Å². The van der Waals surface area contributed by atoms with Crippen LogP contribution in [-0.2, 0) is 22.6 Å². The number of carbonyl (C=O) groups is 1. The van der Waals surface area contributed by atoms with Crippen LogP contribution in [0.25, 0.3) is 0 Å². The van der Waals surface area contributed by atoms with Crippen LogP contribution >= 0.6 is 11.6 Å². The summed E-state index contributed by atoms with van der Waals surface area (Å²) in [5, 5.41) is 6.26. The average Bonchev–Trinajstić information content (AvgIpc) is 3.16. The van der Waals surface area contributed by atoms with Gasteiger partial charge in [-0.2, -0.15) is 31.5 Å². The summed E-state index contributed by atoms with van der Waals surface area (Å²) in [7, 11) is -4.08. The van der Waals surface area contributed by atoms with E-state index < -0.39 is 33.5 Å². The predicted molar refractivity (Wildman–Crippen MR) is 124 cm³/mol. The third-order valence-corrected chi connectivity index (χ3v) is 7.05. The maximum atomic E-state index is 13.1. The molecule has 190 valence electrons. The molecule has 2 aromatic carbocycles. The zero-order valence-electron chi connectivity index (χ0n) is 18.5. The number of benzene rings is 2. The Balaban J connectivity index is 1.61. The first-order valence-corrected chi connectivity index (χ1v) is 12.4. The monoisotopic (exact) mass is 543 g/mol. The second kappa shape index (κ2) is 9.58. The van der Waals surface area contributed by atoms with Crippen molar-refractivity contribution in [3.63, 3.8) is 0 Å². The number of hydrogen-bond acceptors (Lipinski definition) is 5. The molecular formula is C23H18ClF4N3O4S. The summed E-state index contributed by atoms with van der Waals surface area (Å²) < 4.78 is 83.0. The van der Waals surface area contributed by atoms with Crippen molar-refractivity contribution in [2.45, 2.75) is 37.3 Å². The van der Waals surface area contributed by atoms with Crippen molar-refractivity contribution in [1.29, 1.82) is 0 Å². The smallest absolute Gasteiger partial charge is 0.416 e. The number of hydrogen-bond donors (Lipinski definition) is 2. The SMILES string of the molecule is Cc1c(C(=O)Nc2cc(C(F)(F)F)ccc2Cl)oc2c1/C(=N/NS(=O)(=O)c1ccc(F)cc1)CCC2. The van der Waals surface area contributed by atoms with Crippen molar-refractivity contribution >= 4 is 38.9 Å². The first kappa shape index (κ1) is 25.7. The molecule has 0 radical (unpaired) electrons. The lowest BCUT2D eigenvalue weighted by Gasteiger charge is -2.14. The molecule has 1 aliphatic carbocycles. The molecule has 1 aliphatic rings. The Morgan fingerprint density at radius 2 is 1.81 bits per heavy atom. The highest BCUT2D eigenvalue weighted by Gasteiger charge is 2.32. The largest absolute Gasteiger partial charge is 0.455 e. The van der Waals surface area contributed by atoms with Crippen LogP contribution in [0.2, 0.25) is 5.02 Å². The number of rotatable bonds is 5. The van der Waals surface area contributed by atoms with E-state index in [9.17, 15) is 30.8 Å². The molecule has 13 heteroatoms.